The molecule has 0 spiro atoms. The number of rotatable bonds is 9. The van der Waals surface area contributed by atoms with E-state index in [0.717, 1.165) is 19.3 Å². The third kappa shape index (κ3) is 5.47. The summed E-state index contributed by atoms with van der Waals surface area (Å²) in [5.74, 6) is 0. The van der Waals surface area contributed by atoms with Crippen LogP contribution in [0.2, 0.25) is 0 Å². The van der Waals surface area contributed by atoms with E-state index < -0.39 is 0 Å². The Morgan fingerprint density at radius 3 is 2.14 bits per heavy atom. The first-order chi connectivity index (χ1) is 10.8. The van der Waals surface area contributed by atoms with Crippen molar-refractivity contribution >= 4 is 0 Å². The molecule has 0 aliphatic carbocycles. The Morgan fingerprint density at radius 2 is 1.55 bits per heavy atom. The standard InChI is InChI=1S/C20H25NO/c1-2-15-22-20(14-13-17-9-5-3-6-10-17)19(21)16-18-11-7-4-8-12-18/h2-12,19-20H,1,13-16,21H2/t19-,20+/m0/s1. The molecular weight excluding hydrogens is 270 g/mol. The second kappa shape index (κ2) is 9.19. The number of benzene rings is 2. The van der Waals surface area contributed by atoms with E-state index in [0.29, 0.717) is 6.61 Å². The van der Waals surface area contributed by atoms with Crippen molar-refractivity contribution in [1.29, 1.82) is 0 Å². The maximum Gasteiger partial charge on any atom is 0.0736 e. The number of hydrogen-bond acceptors (Lipinski definition) is 2. The summed E-state index contributed by atoms with van der Waals surface area (Å²) in [5, 5.41) is 0. The molecule has 0 fully saturated rings. The highest BCUT2D eigenvalue weighted by Gasteiger charge is 2.18. The fourth-order valence-corrected chi connectivity index (χ4v) is 2.58. The van der Waals surface area contributed by atoms with Gasteiger partial charge in [0.2, 0.25) is 0 Å². The van der Waals surface area contributed by atoms with E-state index in [4.69, 9.17) is 10.5 Å². The summed E-state index contributed by atoms with van der Waals surface area (Å²) in [6, 6.07) is 20.8. The molecule has 0 saturated carbocycles. The van der Waals surface area contributed by atoms with Gasteiger partial charge in [-0.2, -0.15) is 0 Å². The molecular formula is C20H25NO. The molecule has 0 amide bonds. The predicted molar refractivity (Wildman–Crippen MR) is 92.8 cm³/mol. The summed E-state index contributed by atoms with van der Waals surface area (Å²) >= 11 is 0. The Bertz CT molecular complexity index is 538. The van der Waals surface area contributed by atoms with Crippen LogP contribution in [0.15, 0.2) is 73.3 Å². The molecule has 2 nitrogen and oxygen atoms in total. The Kier molecular flexibility index (Phi) is 6.88. The van der Waals surface area contributed by atoms with Gasteiger partial charge in [0, 0.05) is 6.04 Å². The Balaban J connectivity index is 1.93. The van der Waals surface area contributed by atoms with Crippen LogP contribution < -0.4 is 5.73 Å². The van der Waals surface area contributed by atoms with Gasteiger partial charge < -0.3 is 10.5 Å². The Hall–Kier alpha value is -1.90. The van der Waals surface area contributed by atoms with Crippen molar-refractivity contribution in [2.45, 2.75) is 31.4 Å². The molecule has 2 aromatic rings. The molecule has 2 atom stereocenters. The quantitative estimate of drug-likeness (QED) is 0.715. The lowest BCUT2D eigenvalue weighted by atomic mass is 9.97. The van der Waals surface area contributed by atoms with E-state index in [9.17, 15) is 0 Å². The van der Waals surface area contributed by atoms with E-state index in [-0.39, 0.29) is 12.1 Å². The van der Waals surface area contributed by atoms with Crippen molar-refractivity contribution in [2.24, 2.45) is 5.73 Å². The zero-order valence-corrected chi connectivity index (χ0v) is 13.0. The van der Waals surface area contributed by atoms with Crippen molar-refractivity contribution in [3.63, 3.8) is 0 Å². The van der Waals surface area contributed by atoms with Gasteiger partial charge in [-0.3, -0.25) is 0 Å². The topological polar surface area (TPSA) is 35.2 Å². The fraction of sp³-hybridized carbons (Fsp3) is 0.300. The van der Waals surface area contributed by atoms with Crippen molar-refractivity contribution in [3.8, 4) is 0 Å². The smallest absolute Gasteiger partial charge is 0.0736 e. The summed E-state index contributed by atoms with van der Waals surface area (Å²) in [4.78, 5) is 0. The molecule has 116 valence electrons. The maximum absolute atomic E-state index is 6.40. The maximum atomic E-state index is 6.40. The number of aryl methyl sites for hydroxylation is 1. The molecule has 0 bridgehead atoms. The van der Waals surface area contributed by atoms with Crippen LogP contribution in [0.3, 0.4) is 0 Å². The molecule has 0 heterocycles. The van der Waals surface area contributed by atoms with Crippen molar-refractivity contribution in [2.75, 3.05) is 6.61 Å². The van der Waals surface area contributed by atoms with E-state index in [1.165, 1.54) is 11.1 Å². The van der Waals surface area contributed by atoms with Crippen molar-refractivity contribution in [1.82, 2.24) is 0 Å². The molecule has 22 heavy (non-hydrogen) atoms. The minimum absolute atomic E-state index is 0.00828. The molecule has 0 radical (unpaired) electrons. The van der Waals surface area contributed by atoms with Gasteiger partial charge in [0.25, 0.3) is 0 Å². The summed E-state index contributed by atoms with van der Waals surface area (Å²) in [7, 11) is 0. The minimum atomic E-state index is -0.00828. The molecule has 2 heteroatoms. The fourth-order valence-electron chi connectivity index (χ4n) is 2.58. The number of nitrogens with two attached hydrogens (primary N) is 1. The molecule has 0 aliphatic rings. The lowest BCUT2D eigenvalue weighted by Gasteiger charge is -2.24. The summed E-state index contributed by atoms with van der Waals surface area (Å²) in [6.07, 6.45) is 4.55. The van der Waals surface area contributed by atoms with Crippen LogP contribution in [-0.2, 0) is 17.6 Å². The van der Waals surface area contributed by atoms with Gasteiger partial charge in [0.05, 0.1) is 12.7 Å². The second-order valence-corrected chi connectivity index (χ2v) is 5.54. The van der Waals surface area contributed by atoms with Crippen molar-refractivity contribution in [3.05, 3.63) is 84.4 Å². The normalized spacial score (nSPS) is 13.5. The first-order valence-corrected chi connectivity index (χ1v) is 7.85. The van der Waals surface area contributed by atoms with E-state index >= 15 is 0 Å². The molecule has 0 saturated heterocycles. The van der Waals surface area contributed by atoms with Crippen LogP contribution in [-0.4, -0.2) is 18.8 Å². The van der Waals surface area contributed by atoms with Crippen LogP contribution in [0, 0.1) is 0 Å². The third-order valence-corrected chi connectivity index (χ3v) is 3.78. The van der Waals surface area contributed by atoms with Gasteiger partial charge in [-0.15, -0.1) is 6.58 Å². The summed E-state index contributed by atoms with van der Waals surface area (Å²) in [6.45, 7) is 4.27. The molecule has 0 unspecified atom stereocenters. The first kappa shape index (κ1) is 16.5. The highest BCUT2D eigenvalue weighted by atomic mass is 16.5. The SMILES string of the molecule is C=CCO[C@H](CCc1ccccc1)[C@@H](N)Cc1ccccc1. The molecule has 0 aromatic heterocycles. The van der Waals surface area contributed by atoms with Gasteiger partial charge >= 0.3 is 0 Å². The highest BCUT2D eigenvalue weighted by Crippen LogP contribution is 2.13. The van der Waals surface area contributed by atoms with Crippen LogP contribution in [0.1, 0.15) is 17.5 Å². The third-order valence-electron chi connectivity index (χ3n) is 3.78. The monoisotopic (exact) mass is 295 g/mol. The second-order valence-electron chi connectivity index (χ2n) is 5.54. The van der Waals surface area contributed by atoms with E-state index in [1.54, 1.807) is 6.08 Å². The minimum Gasteiger partial charge on any atom is -0.373 e. The highest BCUT2D eigenvalue weighted by molar-refractivity contribution is 5.17. The summed E-state index contributed by atoms with van der Waals surface area (Å²) in [5.41, 5.74) is 8.97. The lowest BCUT2D eigenvalue weighted by molar-refractivity contribution is 0.0486. The Labute approximate surface area is 133 Å². The van der Waals surface area contributed by atoms with Crippen LogP contribution in [0.5, 0.6) is 0 Å². The van der Waals surface area contributed by atoms with Crippen LogP contribution >= 0.6 is 0 Å². The van der Waals surface area contributed by atoms with Gasteiger partial charge in [-0.1, -0.05) is 66.7 Å². The predicted octanol–water partition coefficient (Wildman–Crippen LogP) is 3.76. The van der Waals surface area contributed by atoms with Crippen LogP contribution in [0.25, 0.3) is 0 Å². The lowest BCUT2D eigenvalue weighted by Crippen LogP contribution is -2.39. The first-order valence-electron chi connectivity index (χ1n) is 7.85. The summed E-state index contributed by atoms with van der Waals surface area (Å²) < 4.78 is 5.90. The number of hydrogen-bond donors (Lipinski definition) is 1. The Morgan fingerprint density at radius 1 is 0.955 bits per heavy atom. The van der Waals surface area contributed by atoms with Crippen LogP contribution in [0.4, 0.5) is 0 Å². The zero-order chi connectivity index (χ0) is 15.6. The average Bonchev–Trinajstić information content (AvgIpc) is 2.56. The largest absolute Gasteiger partial charge is 0.373 e. The van der Waals surface area contributed by atoms with Gasteiger partial charge in [-0.25, -0.2) is 0 Å². The van der Waals surface area contributed by atoms with Gasteiger partial charge in [0.1, 0.15) is 0 Å². The van der Waals surface area contributed by atoms with E-state index in [1.807, 2.05) is 24.3 Å². The van der Waals surface area contributed by atoms with Gasteiger partial charge in [-0.05, 0) is 30.4 Å². The zero-order valence-electron chi connectivity index (χ0n) is 13.0. The molecule has 2 N–H and O–H groups in total. The molecule has 2 aromatic carbocycles. The molecule has 2 rings (SSSR count). The van der Waals surface area contributed by atoms with E-state index in [2.05, 4.69) is 43.0 Å². The van der Waals surface area contributed by atoms with Crippen molar-refractivity contribution < 1.29 is 4.74 Å². The number of ether oxygens (including phenoxy) is 1. The average molecular weight is 295 g/mol. The van der Waals surface area contributed by atoms with Gasteiger partial charge in [0.15, 0.2) is 0 Å². The molecule has 0 aliphatic heterocycles.